The molecule has 1 aliphatic heterocycles. The van der Waals surface area contributed by atoms with Gasteiger partial charge in [0.2, 0.25) is 5.09 Å². The maximum Gasteiger partial charge on any atom is 0.274 e. The molecule has 1 aromatic carbocycles. The van der Waals surface area contributed by atoms with Crippen molar-refractivity contribution in [2.75, 3.05) is 32.8 Å². The molecule has 0 radical (unpaired) electrons. The lowest BCUT2D eigenvalue weighted by Crippen LogP contribution is -2.43. The molecule has 0 spiro atoms. The Morgan fingerprint density at radius 2 is 2.17 bits per heavy atom. The Kier molecular flexibility index (Phi) is 5.01. The molecule has 23 heavy (non-hydrogen) atoms. The number of para-hydroxylation sites is 1. The quantitative estimate of drug-likeness (QED) is 0.870. The van der Waals surface area contributed by atoms with Crippen LogP contribution in [0.25, 0.3) is 11.0 Å². The van der Waals surface area contributed by atoms with Gasteiger partial charge in [0.05, 0.1) is 12.7 Å². The van der Waals surface area contributed by atoms with Gasteiger partial charge in [-0.3, -0.25) is 4.90 Å². The maximum absolute atomic E-state index is 12.3. The Labute approximate surface area is 136 Å². The fourth-order valence-electron chi connectivity index (χ4n) is 2.76. The van der Waals surface area contributed by atoms with Crippen molar-refractivity contribution in [2.45, 2.75) is 24.5 Å². The minimum absolute atomic E-state index is 0.0431. The summed E-state index contributed by atoms with van der Waals surface area (Å²) in [4.78, 5) is 2.31. The first-order chi connectivity index (χ1) is 11.1. The fourth-order valence-corrected chi connectivity index (χ4v) is 3.77. The molecule has 1 N–H and O–H groups in total. The van der Waals surface area contributed by atoms with Gasteiger partial charge in [-0.1, -0.05) is 25.1 Å². The van der Waals surface area contributed by atoms with Gasteiger partial charge in [0.25, 0.3) is 10.0 Å². The van der Waals surface area contributed by atoms with Gasteiger partial charge in [-0.05, 0) is 19.0 Å². The largest absolute Gasteiger partial charge is 0.443 e. The van der Waals surface area contributed by atoms with Gasteiger partial charge in [0.15, 0.2) is 0 Å². The molecule has 1 saturated heterocycles. The molecule has 1 aromatic heterocycles. The third kappa shape index (κ3) is 3.92. The van der Waals surface area contributed by atoms with Crippen molar-refractivity contribution in [3.05, 3.63) is 30.3 Å². The number of morpholine rings is 1. The predicted octanol–water partition coefficient (Wildman–Crippen LogP) is 1.82. The van der Waals surface area contributed by atoms with Crippen molar-refractivity contribution < 1.29 is 17.6 Å². The summed E-state index contributed by atoms with van der Waals surface area (Å²) in [5, 5.41) is 0.737. The second-order valence-electron chi connectivity index (χ2n) is 5.68. The lowest BCUT2D eigenvalue weighted by molar-refractivity contribution is -0.0292. The van der Waals surface area contributed by atoms with Crippen LogP contribution >= 0.6 is 0 Å². The van der Waals surface area contributed by atoms with Crippen molar-refractivity contribution in [1.29, 1.82) is 0 Å². The van der Waals surface area contributed by atoms with E-state index in [2.05, 4.69) is 16.5 Å². The summed E-state index contributed by atoms with van der Waals surface area (Å²) in [6.45, 7) is 5.94. The molecule has 2 aromatic rings. The minimum atomic E-state index is -3.63. The molecule has 1 atom stereocenters. The zero-order chi connectivity index (χ0) is 16.3. The monoisotopic (exact) mass is 338 g/mol. The van der Waals surface area contributed by atoms with E-state index in [1.165, 1.54) is 0 Å². The first kappa shape index (κ1) is 16.4. The van der Waals surface area contributed by atoms with Crippen LogP contribution in [0.4, 0.5) is 0 Å². The Hall–Kier alpha value is -1.41. The lowest BCUT2D eigenvalue weighted by Gasteiger charge is -2.32. The number of rotatable bonds is 6. The van der Waals surface area contributed by atoms with Gasteiger partial charge >= 0.3 is 0 Å². The molecular weight excluding hydrogens is 316 g/mol. The van der Waals surface area contributed by atoms with Gasteiger partial charge in [-0.25, -0.2) is 13.1 Å². The van der Waals surface area contributed by atoms with Crippen molar-refractivity contribution in [3.8, 4) is 0 Å². The highest BCUT2D eigenvalue weighted by Crippen LogP contribution is 2.22. The van der Waals surface area contributed by atoms with Crippen LogP contribution in [0.3, 0.4) is 0 Å². The van der Waals surface area contributed by atoms with Crippen molar-refractivity contribution in [2.24, 2.45) is 0 Å². The normalized spacial score (nSPS) is 20.1. The number of ether oxygens (including phenoxy) is 1. The third-order valence-corrected chi connectivity index (χ3v) is 5.41. The summed E-state index contributed by atoms with van der Waals surface area (Å²) in [6.07, 6.45) is 0.720. The van der Waals surface area contributed by atoms with Crippen LogP contribution in [-0.4, -0.2) is 52.2 Å². The lowest BCUT2D eigenvalue weighted by atomic mass is 10.2. The van der Waals surface area contributed by atoms with E-state index in [1.807, 2.05) is 18.2 Å². The number of benzene rings is 1. The molecule has 1 aliphatic rings. The average molecular weight is 338 g/mol. The van der Waals surface area contributed by atoms with E-state index in [-0.39, 0.29) is 11.2 Å². The van der Waals surface area contributed by atoms with Crippen molar-refractivity contribution in [1.82, 2.24) is 9.62 Å². The Morgan fingerprint density at radius 3 is 2.96 bits per heavy atom. The van der Waals surface area contributed by atoms with Crippen LogP contribution in [0.1, 0.15) is 13.3 Å². The van der Waals surface area contributed by atoms with Gasteiger partial charge in [0, 0.05) is 31.1 Å². The number of furan rings is 1. The SMILES string of the molecule is CCN1CCOC(CCNS(=O)(=O)c2cc3ccccc3o2)C1. The minimum Gasteiger partial charge on any atom is -0.443 e. The molecule has 6 nitrogen and oxygen atoms in total. The van der Waals surface area contributed by atoms with Crippen LogP contribution in [0.5, 0.6) is 0 Å². The topological polar surface area (TPSA) is 71.8 Å². The maximum atomic E-state index is 12.3. The summed E-state index contributed by atoms with van der Waals surface area (Å²) in [5.41, 5.74) is 0.571. The molecule has 3 rings (SSSR count). The summed E-state index contributed by atoms with van der Waals surface area (Å²) >= 11 is 0. The van der Waals surface area contributed by atoms with E-state index in [1.54, 1.807) is 12.1 Å². The number of sulfonamides is 1. The molecule has 0 amide bonds. The van der Waals surface area contributed by atoms with E-state index < -0.39 is 10.0 Å². The van der Waals surface area contributed by atoms with Crippen molar-refractivity contribution in [3.63, 3.8) is 0 Å². The molecule has 2 heterocycles. The van der Waals surface area contributed by atoms with Gasteiger partial charge < -0.3 is 9.15 Å². The number of hydrogen-bond donors (Lipinski definition) is 1. The van der Waals surface area contributed by atoms with Gasteiger partial charge in [-0.2, -0.15) is 0 Å². The molecule has 0 saturated carbocycles. The second-order valence-corrected chi connectivity index (χ2v) is 7.37. The van der Waals surface area contributed by atoms with Gasteiger partial charge in [-0.15, -0.1) is 0 Å². The van der Waals surface area contributed by atoms with E-state index in [4.69, 9.17) is 9.15 Å². The number of fused-ring (bicyclic) bond motifs is 1. The van der Waals surface area contributed by atoms with Crippen LogP contribution < -0.4 is 4.72 Å². The molecule has 0 bridgehead atoms. The average Bonchev–Trinajstić information content (AvgIpc) is 3.00. The molecule has 1 unspecified atom stereocenters. The molecule has 126 valence electrons. The first-order valence-corrected chi connectivity index (χ1v) is 9.39. The summed E-state index contributed by atoms with van der Waals surface area (Å²) < 4.78 is 38.3. The predicted molar refractivity (Wildman–Crippen MR) is 87.9 cm³/mol. The van der Waals surface area contributed by atoms with Crippen LogP contribution in [0, 0.1) is 0 Å². The van der Waals surface area contributed by atoms with E-state index in [0.717, 1.165) is 25.0 Å². The third-order valence-electron chi connectivity index (χ3n) is 4.10. The molecular formula is C16H22N2O4S. The summed E-state index contributed by atoms with van der Waals surface area (Å²) in [5.74, 6) is 0. The fraction of sp³-hybridized carbons (Fsp3) is 0.500. The van der Waals surface area contributed by atoms with E-state index in [9.17, 15) is 8.42 Å². The number of nitrogens with one attached hydrogen (secondary N) is 1. The van der Waals surface area contributed by atoms with Crippen LogP contribution in [0.15, 0.2) is 39.8 Å². The smallest absolute Gasteiger partial charge is 0.274 e. The molecule has 7 heteroatoms. The van der Waals surface area contributed by atoms with Crippen molar-refractivity contribution >= 4 is 21.0 Å². The Balaban J connectivity index is 1.58. The van der Waals surface area contributed by atoms with E-state index in [0.29, 0.717) is 25.2 Å². The Morgan fingerprint density at radius 1 is 1.35 bits per heavy atom. The van der Waals surface area contributed by atoms with E-state index >= 15 is 0 Å². The number of nitrogens with zero attached hydrogens (tertiary/aromatic N) is 1. The molecule has 1 fully saturated rings. The highest BCUT2D eigenvalue weighted by atomic mass is 32.2. The highest BCUT2D eigenvalue weighted by molar-refractivity contribution is 7.89. The van der Waals surface area contributed by atoms with Gasteiger partial charge in [0.1, 0.15) is 5.58 Å². The Bertz CT molecular complexity index is 723. The van der Waals surface area contributed by atoms with Crippen LogP contribution in [-0.2, 0) is 14.8 Å². The second kappa shape index (κ2) is 7.00. The highest BCUT2D eigenvalue weighted by Gasteiger charge is 2.22. The summed E-state index contributed by atoms with van der Waals surface area (Å²) in [7, 11) is -3.63. The molecule has 0 aliphatic carbocycles. The standard InChI is InChI=1S/C16H22N2O4S/c1-2-18-9-10-21-14(12-18)7-8-17-23(19,20)16-11-13-5-3-4-6-15(13)22-16/h3-6,11,14,17H,2,7-10,12H2,1H3. The van der Waals surface area contributed by atoms with Crippen LogP contribution in [0.2, 0.25) is 0 Å². The number of hydrogen-bond acceptors (Lipinski definition) is 5. The zero-order valence-electron chi connectivity index (χ0n) is 13.2. The zero-order valence-corrected chi connectivity index (χ0v) is 14.0. The summed E-state index contributed by atoms with van der Waals surface area (Å²) in [6, 6.07) is 8.79. The number of likely N-dealkylation sites (N-methyl/N-ethyl adjacent to an activating group) is 1. The first-order valence-electron chi connectivity index (χ1n) is 7.90.